The van der Waals surface area contributed by atoms with E-state index in [1.165, 1.54) is 11.3 Å². The first-order valence-corrected chi connectivity index (χ1v) is 5.88. The SMILES string of the molecule is CC(N)c1cccc(-c2ccc(C#N)s2)c1. The fourth-order valence-electron chi connectivity index (χ4n) is 1.53. The van der Waals surface area contributed by atoms with Crippen LogP contribution in [-0.2, 0) is 0 Å². The summed E-state index contributed by atoms with van der Waals surface area (Å²) in [6.45, 7) is 1.97. The Morgan fingerprint density at radius 2 is 2.12 bits per heavy atom. The van der Waals surface area contributed by atoms with Gasteiger partial charge < -0.3 is 5.73 Å². The molecule has 0 amide bonds. The first kappa shape index (κ1) is 10.9. The lowest BCUT2D eigenvalue weighted by atomic mass is 10.1. The Balaban J connectivity index is 2.41. The normalized spacial score (nSPS) is 12.1. The average molecular weight is 228 g/mol. The highest BCUT2D eigenvalue weighted by Crippen LogP contribution is 2.29. The molecule has 1 atom stereocenters. The van der Waals surface area contributed by atoms with Crippen LogP contribution in [0.2, 0.25) is 0 Å². The lowest BCUT2D eigenvalue weighted by Gasteiger charge is -2.06. The summed E-state index contributed by atoms with van der Waals surface area (Å²) < 4.78 is 0. The van der Waals surface area contributed by atoms with Gasteiger partial charge in [-0.05, 0) is 36.2 Å². The maximum atomic E-state index is 8.78. The molecule has 80 valence electrons. The second-order valence-electron chi connectivity index (χ2n) is 3.69. The molecule has 16 heavy (non-hydrogen) atoms. The van der Waals surface area contributed by atoms with Crippen molar-refractivity contribution < 1.29 is 0 Å². The molecule has 0 saturated heterocycles. The summed E-state index contributed by atoms with van der Waals surface area (Å²) in [7, 11) is 0. The predicted octanol–water partition coefficient (Wildman–Crippen LogP) is 3.31. The molecule has 0 spiro atoms. The maximum absolute atomic E-state index is 8.78. The number of nitriles is 1. The van der Waals surface area contributed by atoms with Gasteiger partial charge in [0.2, 0.25) is 0 Å². The van der Waals surface area contributed by atoms with E-state index in [1.807, 2.05) is 37.3 Å². The second kappa shape index (κ2) is 4.48. The van der Waals surface area contributed by atoms with Gasteiger partial charge in [-0.2, -0.15) is 5.26 Å². The third-order valence-electron chi connectivity index (χ3n) is 2.41. The molecule has 2 N–H and O–H groups in total. The summed E-state index contributed by atoms with van der Waals surface area (Å²) in [5.41, 5.74) is 8.08. The van der Waals surface area contributed by atoms with E-state index in [2.05, 4.69) is 12.1 Å². The van der Waals surface area contributed by atoms with Crippen molar-refractivity contribution in [2.45, 2.75) is 13.0 Å². The zero-order chi connectivity index (χ0) is 11.5. The topological polar surface area (TPSA) is 49.8 Å². The molecule has 1 aromatic carbocycles. The lowest BCUT2D eigenvalue weighted by molar-refractivity contribution is 0.819. The number of hydrogen-bond acceptors (Lipinski definition) is 3. The van der Waals surface area contributed by atoms with Crippen molar-refractivity contribution in [1.29, 1.82) is 5.26 Å². The number of benzene rings is 1. The van der Waals surface area contributed by atoms with Crippen molar-refractivity contribution in [3.63, 3.8) is 0 Å². The van der Waals surface area contributed by atoms with Gasteiger partial charge in [0, 0.05) is 10.9 Å². The van der Waals surface area contributed by atoms with Crippen molar-refractivity contribution in [3.8, 4) is 16.5 Å². The van der Waals surface area contributed by atoms with Gasteiger partial charge in [0.1, 0.15) is 10.9 Å². The van der Waals surface area contributed by atoms with E-state index in [0.29, 0.717) is 0 Å². The van der Waals surface area contributed by atoms with Crippen LogP contribution in [0.1, 0.15) is 23.4 Å². The zero-order valence-corrected chi connectivity index (χ0v) is 9.79. The van der Waals surface area contributed by atoms with Gasteiger partial charge in [-0.15, -0.1) is 11.3 Å². The number of thiophene rings is 1. The van der Waals surface area contributed by atoms with E-state index in [1.54, 1.807) is 0 Å². The Labute approximate surface area is 99.0 Å². The monoisotopic (exact) mass is 228 g/mol. The van der Waals surface area contributed by atoms with Gasteiger partial charge in [-0.1, -0.05) is 18.2 Å². The quantitative estimate of drug-likeness (QED) is 0.857. The smallest absolute Gasteiger partial charge is 0.110 e. The zero-order valence-electron chi connectivity index (χ0n) is 8.97. The van der Waals surface area contributed by atoms with Gasteiger partial charge in [-0.3, -0.25) is 0 Å². The van der Waals surface area contributed by atoms with Crippen LogP contribution in [0, 0.1) is 11.3 Å². The molecule has 1 unspecified atom stereocenters. The largest absolute Gasteiger partial charge is 0.324 e. The van der Waals surface area contributed by atoms with Gasteiger partial charge in [0.25, 0.3) is 0 Å². The third kappa shape index (κ3) is 2.13. The van der Waals surface area contributed by atoms with Gasteiger partial charge in [-0.25, -0.2) is 0 Å². The lowest BCUT2D eigenvalue weighted by Crippen LogP contribution is -2.04. The molecule has 2 rings (SSSR count). The molecule has 3 heteroatoms. The van der Waals surface area contributed by atoms with Crippen molar-refractivity contribution in [2.75, 3.05) is 0 Å². The number of nitrogens with zero attached hydrogens (tertiary/aromatic N) is 1. The summed E-state index contributed by atoms with van der Waals surface area (Å²) in [5, 5.41) is 8.78. The number of hydrogen-bond donors (Lipinski definition) is 1. The summed E-state index contributed by atoms with van der Waals surface area (Å²) in [4.78, 5) is 1.85. The van der Waals surface area contributed by atoms with E-state index in [-0.39, 0.29) is 6.04 Å². The first-order chi connectivity index (χ1) is 7.70. The Morgan fingerprint density at radius 3 is 2.75 bits per heavy atom. The van der Waals surface area contributed by atoms with Crippen molar-refractivity contribution >= 4 is 11.3 Å². The van der Waals surface area contributed by atoms with E-state index in [9.17, 15) is 0 Å². The molecule has 0 bridgehead atoms. The molecule has 2 nitrogen and oxygen atoms in total. The molecule has 0 aliphatic heterocycles. The highest BCUT2D eigenvalue weighted by atomic mass is 32.1. The highest BCUT2D eigenvalue weighted by molar-refractivity contribution is 7.16. The molecule has 0 aliphatic carbocycles. The molecular formula is C13H12N2S. The molecule has 2 aromatic rings. The summed E-state index contributed by atoms with van der Waals surface area (Å²) in [6, 6.07) is 14.1. The van der Waals surface area contributed by atoms with Crippen LogP contribution in [0.5, 0.6) is 0 Å². The van der Waals surface area contributed by atoms with Crippen molar-refractivity contribution in [2.24, 2.45) is 5.73 Å². The Hall–Kier alpha value is -1.63. The van der Waals surface area contributed by atoms with Crippen molar-refractivity contribution in [1.82, 2.24) is 0 Å². The molecule has 0 fully saturated rings. The molecule has 0 radical (unpaired) electrons. The third-order valence-corrected chi connectivity index (χ3v) is 3.45. The summed E-state index contributed by atoms with van der Waals surface area (Å²) in [6.07, 6.45) is 0. The molecule has 0 aliphatic rings. The van der Waals surface area contributed by atoms with Crippen LogP contribution in [-0.4, -0.2) is 0 Å². The van der Waals surface area contributed by atoms with Crippen LogP contribution in [0.4, 0.5) is 0 Å². The molecule has 1 heterocycles. The van der Waals surface area contributed by atoms with Crippen LogP contribution >= 0.6 is 11.3 Å². The molecule has 1 aromatic heterocycles. The fourth-order valence-corrected chi connectivity index (χ4v) is 2.33. The van der Waals surface area contributed by atoms with Gasteiger partial charge in [0.05, 0.1) is 0 Å². The minimum atomic E-state index is 0.0374. The highest BCUT2D eigenvalue weighted by Gasteiger charge is 2.05. The van der Waals surface area contributed by atoms with Gasteiger partial charge >= 0.3 is 0 Å². The number of rotatable bonds is 2. The van der Waals surface area contributed by atoms with Crippen LogP contribution < -0.4 is 5.73 Å². The second-order valence-corrected chi connectivity index (χ2v) is 4.77. The minimum Gasteiger partial charge on any atom is -0.324 e. The average Bonchev–Trinajstić information content (AvgIpc) is 2.77. The fraction of sp³-hybridized carbons (Fsp3) is 0.154. The number of nitrogens with two attached hydrogens (primary N) is 1. The Bertz CT molecular complexity index is 535. The van der Waals surface area contributed by atoms with Crippen LogP contribution in [0.3, 0.4) is 0 Å². The van der Waals surface area contributed by atoms with E-state index >= 15 is 0 Å². The van der Waals surface area contributed by atoms with E-state index in [4.69, 9.17) is 11.0 Å². The van der Waals surface area contributed by atoms with E-state index < -0.39 is 0 Å². The van der Waals surface area contributed by atoms with E-state index in [0.717, 1.165) is 20.9 Å². The Kier molecular flexibility index (Phi) is 3.04. The standard InChI is InChI=1S/C13H12N2S/c1-9(15)10-3-2-4-11(7-10)13-6-5-12(8-14)16-13/h2-7,9H,15H2,1H3. The molecular weight excluding hydrogens is 216 g/mol. The van der Waals surface area contributed by atoms with Crippen LogP contribution in [0.25, 0.3) is 10.4 Å². The van der Waals surface area contributed by atoms with Crippen LogP contribution in [0.15, 0.2) is 36.4 Å². The predicted molar refractivity (Wildman–Crippen MR) is 67.1 cm³/mol. The minimum absolute atomic E-state index is 0.0374. The first-order valence-electron chi connectivity index (χ1n) is 5.06. The summed E-state index contributed by atoms with van der Waals surface area (Å²) >= 11 is 1.50. The molecule has 0 saturated carbocycles. The Morgan fingerprint density at radius 1 is 1.31 bits per heavy atom. The van der Waals surface area contributed by atoms with Gasteiger partial charge in [0.15, 0.2) is 0 Å². The summed E-state index contributed by atoms with van der Waals surface area (Å²) in [5.74, 6) is 0. The van der Waals surface area contributed by atoms with Crippen molar-refractivity contribution in [3.05, 3.63) is 46.8 Å². The maximum Gasteiger partial charge on any atom is 0.110 e.